The molecular weight excluding hydrogens is 429 g/mol. The molecule has 2 aromatic rings. The number of rotatable bonds is 7. The van der Waals surface area contributed by atoms with Gasteiger partial charge in [-0.25, -0.2) is 0 Å². The van der Waals surface area contributed by atoms with Gasteiger partial charge in [-0.05, 0) is 42.8 Å². The zero-order chi connectivity index (χ0) is 21.8. The Bertz CT molecular complexity index is 988. The number of amides is 1. The number of hydrogen-bond donors (Lipinski definition) is 1. The summed E-state index contributed by atoms with van der Waals surface area (Å²) in [4.78, 5) is 27.0. The number of aliphatic hydroxyl groups is 1. The summed E-state index contributed by atoms with van der Waals surface area (Å²) in [6.45, 7) is 2.63. The van der Waals surface area contributed by atoms with Crippen LogP contribution in [-0.2, 0) is 14.3 Å². The number of aliphatic hydroxyl groups excluding tert-OH is 1. The van der Waals surface area contributed by atoms with Crippen molar-refractivity contribution < 1.29 is 24.2 Å². The molecule has 1 aliphatic rings. The van der Waals surface area contributed by atoms with E-state index in [1.807, 2.05) is 6.92 Å². The van der Waals surface area contributed by atoms with E-state index in [9.17, 15) is 14.7 Å². The molecule has 158 valence electrons. The molecule has 1 unspecified atom stereocenters. The minimum atomic E-state index is -0.774. The van der Waals surface area contributed by atoms with Gasteiger partial charge in [-0.3, -0.25) is 9.59 Å². The van der Waals surface area contributed by atoms with E-state index in [4.69, 9.17) is 32.7 Å². The average molecular weight is 450 g/mol. The molecule has 0 aliphatic carbocycles. The van der Waals surface area contributed by atoms with Gasteiger partial charge in [0.1, 0.15) is 11.5 Å². The number of benzene rings is 2. The third kappa shape index (κ3) is 4.31. The molecule has 2 aromatic carbocycles. The molecule has 1 heterocycles. The van der Waals surface area contributed by atoms with Crippen LogP contribution in [0, 0.1) is 0 Å². The summed E-state index contributed by atoms with van der Waals surface area (Å²) in [7, 11) is 1.51. The molecule has 1 saturated heterocycles. The summed E-state index contributed by atoms with van der Waals surface area (Å²) in [6.07, 6.45) is 0. The Kier molecular flexibility index (Phi) is 7.02. The molecule has 1 amide bonds. The first-order valence-corrected chi connectivity index (χ1v) is 10.1. The Labute approximate surface area is 184 Å². The summed E-state index contributed by atoms with van der Waals surface area (Å²) in [6, 6.07) is 10.7. The summed E-state index contributed by atoms with van der Waals surface area (Å²) >= 11 is 12.1. The largest absolute Gasteiger partial charge is 0.507 e. The number of Topliss-reactive ketones (excluding diaryl/α,β-unsaturated/α-hetero) is 1. The molecular formula is C22H21Cl2NO5. The fourth-order valence-corrected chi connectivity index (χ4v) is 3.66. The van der Waals surface area contributed by atoms with Crippen molar-refractivity contribution in [3.8, 4) is 5.75 Å². The number of halogens is 2. The zero-order valence-electron chi connectivity index (χ0n) is 16.5. The Balaban J connectivity index is 2.15. The van der Waals surface area contributed by atoms with Crippen molar-refractivity contribution in [2.45, 2.75) is 13.0 Å². The lowest BCUT2D eigenvalue weighted by atomic mass is 9.95. The first-order valence-electron chi connectivity index (χ1n) is 9.34. The Hall–Kier alpha value is -2.54. The first kappa shape index (κ1) is 22.2. The van der Waals surface area contributed by atoms with Crippen LogP contribution >= 0.6 is 23.2 Å². The van der Waals surface area contributed by atoms with Crippen LogP contribution in [0.5, 0.6) is 5.75 Å². The Morgan fingerprint density at radius 1 is 1.13 bits per heavy atom. The van der Waals surface area contributed by atoms with Gasteiger partial charge in [-0.15, -0.1) is 0 Å². The van der Waals surface area contributed by atoms with E-state index < -0.39 is 17.7 Å². The highest BCUT2D eigenvalue weighted by atomic mass is 35.5. The minimum Gasteiger partial charge on any atom is -0.507 e. The van der Waals surface area contributed by atoms with Crippen molar-refractivity contribution >= 4 is 40.7 Å². The summed E-state index contributed by atoms with van der Waals surface area (Å²) in [5.41, 5.74) is 0.963. The van der Waals surface area contributed by atoms with Crippen LogP contribution in [0.4, 0.5) is 0 Å². The van der Waals surface area contributed by atoms with Gasteiger partial charge in [0.25, 0.3) is 11.7 Å². The van der Waals surface area contributed by atoms with E-state index >= 15 is 0 Å². The van der Waals surface area contributed by atoms with Crippen LogP contribution in [0.2, 0.25) is 10.0 Å². The van der Waals surface area contributed by atoms with Gasteiger partial charge in [0.2, 0.25) is 0 Å². The van der Waals surface area contributed by atoms with E-state index in [1.54, 1.807) is 42.5 Å². The van der Waals surface area contributed by atoms with Crippen molar-refractivity contribution in [1.82, 2.24) is 4.90 Å². The van der Waals surface area contributed by atoms with Crippen LogP contribution < -0.4 is 4.74 Å². The second kappa shape index (κ2) is 9.51. The van der Waals surface area contributed by atoms with Crippen molar-refractivity contribution in [2.24, 2.45) is 0 Å². The zero-order valence-corrected chi connectivity index (χ0v) is 18.0. The molecule has 30 heavy (non-hydrogen) atoms. The molecule has 6 nitrogen and oxygen atoms in total. The minimum absolute atomic E-state index is 0.0109. The van der Waals surface area contributed by atoms with E-state index in [2.05, 4.69) is 0 Å². The van der Waals surface area contributed by atoms with Crippen LogP contribution in [0.25, 0.3) is 5.76 Å². The monoisotopic (exact) mass is 449 g/mol. The van der Waals surface area contributed by atoms with Crippen molar-refractivity contribution in [2.75, 3.05) is 26.9 Å². The van der Waals surface area contributed by atoms with Crippen LogP contribution in [0.1, 0.15) is 24.1 Å². The Morgan fingerprint density at radius 3 is 2.47 bits per heavy atom. The molecule has 1 N–H and O–H groups in total. The molecule has 0 spiro atoms. The average Bonchev–Trinajstić information content (AvgIpc) is 2.98. The van der Waals surface area contributed by atoms with Crippen LogP contribution in [0.15, 0.2) is 48.0 Å². The summed E-state index contributed by atoms with van der Waals surface area (Å²) in [5.74, 6) is -1.39. The molecule has 1 aliphatic heterocycles. The van der Waals surface area contributed by atoms with E-state index in [0.29, 0.717) is 33.5 Å². The fourth-order valence-electron chi connectivity index (χ4n) is 3.36. The van der Waals surface area contributed by atoms with Gasteiger partial charge in [0.05, 0.1) is 29.9 Å². The second-order valence-electron chi connectivity index (χ2n) is 6.62. The van der Waals surface area contributed by atoms with Crippen molar-refractivity contribution in [3.05, 3.63) is 69.2 Å². The standard InChI is InChI=1S/C22H21Cl2NO5/c1-3-30-17-12-14(6-9-16(17)24)20(26)18-19(13-4-7-15(23)8-5-13)25(10-11-29-2)22(28)21(18)27/h4-9,12,19,26H,3,10-11H2,1-2H3/b20-18-. The molecule has 1 fully saturated rings. The predicted octanol–water partition coefficient (Wildman–Crippen LogP) is 4.46. The van der Waals surface area contributed by atoms with E-state index in [1.165, 1.54) is 12.0 Å². The maximum atomic E-state index is 12.9. The number of ketones is 1. The molecule has 8 heteroatoms. The van der Waals surface area contributed by atoms with Gasteiger partial charge >= 0.3 is 0 Å². The SMILES string of the molecule is CCOc1cc(/C(O)=C2/C(=O)C(=O)N(CCOC)C2c2ccc(Cl)cc2)ccc1Cl. The van der Waals surface area contributed by atoms with Crippen molar-refractivity contribution in [3.63, 3.8) is 0 Å². The first-order chi connectivity index (χ1) is 14.4. The van der Waals surface area contributed by atoms with Gasteiger partial charge < -0.3 is 19.5 Å². The number of ether oxygens (including phenoxy) is 2. The highest BCUT2D eigenvalue weighted by molar-refractivity contribution is 6.46. The lowest BCUT2D eigenvalue weighted by Crippen LogP contribution is -2.32. The summed E-state index contributed by atoms with van der Waals surface area (Å²) < 4.78 is 10.6. The quantitative estimate of drug-likeness (QED) is 0.383. The molecule has 0 aromatic heterocycles. The maximum absolute atomic E-state index is 12.9. The number of hydrogen-bond acceptors (Lipinski definition) is 5. The van der Waals surface area contributed by atoms with Gasteiger partial charge in [0.15, 0.2) is 0 Å². The van der Waals surface area contributed by atoms with Gasteiger partial charge in [-0.1, -0.05) is 35.3 Å². The Morgan fingerprint density at radius 2 is 1.83 bits per heavy atom. The maximum Gasteiger partial charge on any atom is 0.295 e. The third-order valence-corrected chi connectivity index (χ3v) is 5.33. The highest BCUT2D eigenvalue weighted by Gasteiger charge is 2.45. The van der Waals surface area contributed by atoms with E-state index in [-0.39, 0.29) is 24.5 Å². The number of methoxy groups -OCH3 is 1. The smallest absolute Gasteiger partial charge is 0.295 e. The topological polar surface area (TPSA) is 76.1 Å². The normalized spacial score (nSPS) is 18.1. The van der Waals surface area contributed by atoms with Gasteiger partial charge in [0, 0.05) is 24.2 Å². The summed E-state index contributed by atoms with van der Waals surface area (Å²) in [5, 5.41) is 11.9. The van der Waals surface area contributed by atoms with Gasteiger partial charge in [-0.2, -0.15) is 0 Å². The molecule has 0 saturated carbocycles. The molecule has 3 rings (SSSR count). The number of likely N-dealkylation sites (tertiary alicyclic amines) is 1. The van der Waals surface area contributed by atoms with Crippen LogP contribution in [-0.4, -0.2) is 48.6 Å². The van der Waals surface area contributed by atoms with Crippen molar-refractivity contribution in [1.29, 1.82) is 0 Å². The molecule has 0 bridgehead atoms. The predicted molar refractivity (Wildman–Crippen MR) is 115 cm³/mol. The lowest BCUT2D eigenvalue weighted by molar-refractivity contribution is -0.140. The van der Waals surface area contributed by atoms with E-state index in [0.717, 1.165) is 0 Å². The third-order valence-electron chi connectivity index (χ3n) is 4.77. The highest BCUT2D eigenvalue weighted by Crippen LogP contribution is 2.40. The fraction of sp³-hybridized carbons (Fsp3) is 0.273. The number of carbonyl (C=O) groups is 2. The second-order valence-corrected chi connectivity index (χ2v) is 7.46. The number of nitrogens with zero attached hydrogens (tertiary/aromatic N) is 1. The molecule has 0 radical (unpaired) electrons. The number of carbonyl (C=O) groups excluding carboxylic acids is 2. The molecule has 1 atom stereocenters. The van der Waals surface area contributed by atoms with Crippen LogP contribution in [0.3, 0.4) is 0 Å². The lowest BCUT2D eigenvalue weighted by Gasteiger charge is -2.25.